The van der Waals surface area contributed by atoms with Gasteiger partial charge in [-0.15, -0.1) is 0 Å². The van der Waals surface area contributed by atoms with Crippen LogP contribution in [0.5, 0.6) is 0 Å². The molecule has 0 unspecified atom stereocenters. The Morgan fingerprint density at radius 1 is 1.38 bits per heavy atom. The van der Waals surface area contributed by atoms with Crippen molar-refractivity contribution in [1.82, 2.24) is 5.32 Å². The smallest absolute Gasteiger partial charge is 0.0554 e. The lowest BCUT2D eigenvalue weighted by atomic mass is 9.88. The van der Waals surface area contributed by atoms with E-state index >= 15 is 0 Å². The molecule has 1 heterocycles. The van der Waals surface area contributed by atoms with Crippen molar-refractivity contribution < 1.29 is 4.74 Å². The van der Waals surface area contributed by atoms with Crippen molar-refractivity contribution >= 4 is 5.57 Å². The number of hydrogen-bond donors (Lipinski definition) is 1. The molecular formula is C14H19NO. The van der Waals surface area contributed by atoms with Crippen molar-refractivity contribution in [2.24, 2.45) is 5.41 Å². The lowest BCUT2D eigenvalue weighted by Crippen LogP contribution is -2.47. The first kappa shape index (κ1) is 11.4. The minimum Gasteiger partial charge on any atom is -0.380 e. The first-order valence-electron chi connectivity index (χ1n) is 5.71. The van der Waals surface area contributed by atoms with Crippen molar-refractivity contribution in [1.29, 1.82) is 0 Å². The molecule has 0 amide bonds. The third-order valence-electron chi connectivity index (χ3n) is 2.97. The predicted molar refractivity (Wildman–Crippen MR) is 67.3 cm³/mol. The fourth-order valence-electron chi connectivity index (χ4n) is 1.84. The van der Waals surface area contributed by atoms with Gasteiger partial charge < -0.3 is 10.1 Å². The zero-order valence-corrected chi connectivity index (χ0v) is 9.83. The zero-order chi connectivity index (χ0) is 11.4. The topological polar surface area (TPSA) is 21.3 Å². The Kier molecular flexibility index (Phi) is 3.42. The van der Waals surface area contributed by atoms with E-state index in [1.165, 1.54) is 5.56 Å². The third kappa shape index (κ3) is 2.71. The average Bonchev–Trinajstić information content (AvgIpc) is 2.28. The number of benzene rings is 1. The van der Waals surface area contributed by atoms with E-state index in [1.807, 2.05) is 18.2 Å². The van der Waals surface area contributed by atoms with E-state index in [2.05, 4.69) is 31.0 Å². The molecule has 1 aliphatic heterocycles. The number of rotatable bonds is 5. The van der Waals surface area contributed by atoms with Crippen LogP contribution in [0.4, 0.5) is 0 Å². The van der Waals surface area contributed by atoms with E-state index in [9.17, 15) is 0 Å². The second kappa shape index (κ2) is 4.81. The van der Waals surface area contributed by atoms with Gasteiger partial charge in [0.2, 0.25) is 0 Å². The quantitative estimate of drug-likeness (QED) is 0.817. The van der Waals surface area contributed by atoms with Gasteiger partial charge in [0, 0.05) is 18.5 Å². The van der Waals surface area contributed by atoms with Crippen LogP contribution in [0.2, 0.25) is 0 Å². The molecule has 1 aromatic carbocycles. The summed E-state index contributed by atoms with van der Waals surface area (Å²) in [6.45, 7) is 9.93. The summed E-state index contributed by atoms with van der Waals surface area (Å²) in [5.74, 6) is 0. The van der Waals surface area contributed by atoms with E-state index in [1.54, 1.807) is 0 Å². The molecule has 1 saturated heterocycles. The molecule has 0 atom stereocenters. The second-order valence-electron chi connectivity index (χ2n) is 4.88. The van der Waals surface area contributed by atoms with E-state index in [-0.39, 0.29) is 0 Å². The van der Waals surface area contributed by atoms with Crippen LogP contribution in [0.1, 0.15) is 12.5 Å². The van der Waals surface area contributed by atoms with Gasteiger partial charge in [-0.3, -0.25) is 0 Å². The van der Waals surface area contributed by atoms with Gasteiger partial charge in [0.1, 0.15) is 0 Å². The predicted octanol–water partition coefficient (Wildman–Crippen LogP) is 2.33. The molecule has 0 saturated carbocycles. The summed E-state index contributed by atoms with van der Waals surface area (Å²) in [5, 5.41) is 3.45. The van der Waals surface area contributed by atoms with Gasteiger partial charge in [0.25, 0.3) is 0 Å². The van der Waals surface area contributed by atoms with Crippen molar-refractivity contribution in [2.75, 3.05) is 26.3 Å². The van der Waals surface area contributed by atoms with Crippen LogP contribution in [0.3, 0.4) is 0 Å². The van der Waals surface area contributed by atoms with E-state index in [4.69, 9.17) is 4.74 Å². The van der Waals surface area contributed by atoms with Crippen LogP contribution in [0.25, 0.3) is 5.57 Å². The molecule has 1 N–H and O–H groups in total. The fourth-order valence-corrected chi connectivity index (χ4v) is 1.84. The number of nitrogens with one attached hydrogen (secondary N) is 1. The lowest BCUT2D eigenvalue weighted by molar-refractivity contribution is -0.0985. The van der Waals surface area contributed by atoms with Gasteiger partial charge in [0.15, 0.2) is 0 Å². The summed E-state index contributed by atoms with van der Waals surface area (Å²) in [5.41, 5.74) is 2.69. The van der Waals surface area contributed by atoms with E-state index < -0.39 is 0 Å². The molecule has 1 aliphatic rings. The van der Waals surface area contributed by atoms with Crippen LogP contribution in [-0.4, -0.2) is 26.3 Å². The highest BCUT2D eigenvalue weighted by molar-refractivity contribution is 5.64. The van der Waals surface area contributed by atoms with Crippen LogP contribution >= 0.6 is 0 Å². The van der Waals surface area contributed by atoms with Gasteiger partial charge >= 0.3 is 0 Å². The largest absolute Gasteiger partial charge is 0.380 e. The molecule has 0 bridgehead atoms. The molecule has 86 valence electrons. The summed E-state index contributed by atoms with van der Waals surface area (Å²) in [4.78, 5) is 0. The minimum atomic E-state index is 0.330. The molecule has 16 heavy (non-hydrogen) atoms. The normalized spacial score (nSPS) is 17.8. The molecule has 2 heteroatoms. The van der Waals surface area contributed by atoms with E-state index in [0.29, 0.717) is 5.41 Å². The average molecular weight is 217 g/mol. The highest BCUT2D eigenvalue weighted by Crippen LogP contribution is 2.25. The van der Waals surface area contributed by atoms with Crippen LogP contribution < -0.4 is 5.32 Å². The van der Waals surface area contributed by atoms with Crippen LogP contribution in [0, 0.1) is 5.41 Å². The molecule has 0 radical (unpaired) electrons. The Bertz CT molecular complexity index is 354. The maximum atomic E-state index is 5.22. The van der Waals surface area contributed by atoms with Crippen molar-refractivity contribution in [3.63, 3.8) is 0 Å². The molecule has 1 aromatic rings. The second-order valence-corrected chi connectivity index (χ2v) is 4.88. The standard InChI is InChI=1S/C14H19NO/c1-12(13-6-4-3-5-7-13)8-15-9-14(2)10-16-11-14/h3-7,15H,1,8-11H2,2H3. The Balaban J connectivity index is 1.76. The Morgan fingerprint density at radius 2 is 2.06 bits per heavy atom. The Labute approximate surface area is 97.3 Å². The zero-order valence-electron chi connectivity index (χ0n) is 9.83. The number of hydrogen-bond acceptors (Lipinski definition) is 2. The highest BCUT2D eigenvalue weighted by Gasteiger charge is 2.32. The van der Waals surface area contributed by atoms with E-state index in [0.717, 1.165) is 31.9 Å². The van der Waals surface area contributed by atoms with Gasteiger partial charge in [0.05, 0.1) is 13.2 Å². The molecule has 0 aliphatic carbocycles. The maximum absolute atomic E-state index is 5.22. The van der Waals surface area contributed by atoms with Crippen LogP contribution in [-0.2, 0) is 4.74 Å². The summed E-state index contributed by atoms with van der Waals surface area (Å²) >= 11 is 0. The van der Waals surface area contributed by atoms with Crippen molar-refractivity contribution in [3.8, 4) is 0 Å². The van der Waals surface area contributed by atoms with Crippen LogP contribution in [0.15, 0.2) is 36.9 Å². The SMILES string of the molecule is C=C(CNCC1(C)COC1)c1ccccc1. The molecule has 2 nitrogen and oxygen atoms in total. The minimum absolute atomic E-state index is 0.330. The fraction of sp³-hybridized carbons (Fsp3) is 0.429. The molecule has 2 rings (SSSR count). The third-order valence-corrected chi connectivity index (χ3v) is 2.97. The van der Waals surface area contributed by atoms with Gasteiger partial charge in [-0.05, 0) is 11.1 Å². The Morgan fingerprint density at radius 3 is 2.62 bits per heavy atom. The van der Waals surface area contributed by atoms with Crippen molar-refractivity contribution in [3.05, 3.63) is 42.5 Å². The van der Waals surface area contributed by atoms with Gasteiger partial charge in [-0.2, -0.15) is 0 Å². The molecular weight excluding hydrogens is 198 g/mol. The lowest BCUT2D eigenvalue weighted by Gasteiger charge is -2.38. The first-order valence-corrected chi connectivity index (χ1v) is 5.71. The van der Waals surface area contributed by atoms with Crippen molar-refractivity contribution in [2.45, 2.75) is 6.92 Å². The molecule has 1 fully saturated rings. The summed E-state index contributed by atoms with van der Waals surface area (Å²) in [6, 6.07) is 10.3. The monoisotopic (exact) mass is 217 g/mol. The highest BCUT2D eigenvalue weighted by atomic mass is 16.5. The summed E-state index contributed by atoms with van der Waals surface area (Å²) in [7, 11) is 0. The summed E-state index contributed by atoms with van der Waals surface area (Å²) in [6.07, 6.45) is 0. The van der Waals surface area contributed by atoms with Gasteiger partial charge in [-0.25, -0.2) is 0 Å². The first-order chi connectivity index (χ1) is 7.70. The molecule has 0 aromatic heterocycles. The summed E-state index contributed by atoms with van der Waals surface area (Å²) < 4.78 is 5.22. The molecule has 0 spiro atoms. The maximum Gasteiger partial charge on any atom is 0.0554 e. The number of ether oxygens (including phenoxy) is 1. The Hall–Kier alpha value is -1.12. The van der Waals surface area contributed by atoms with Gasteiger partial charge in [-0.1, -0.05) is 43.8 Å².